The molecule has 0 bridgehead atoms. The van der Waals surface area contributed by atoms with Crippen molar-refractivity contribution in [3.05, 3.63) is 34.6 Å². The Bertz CT molecular complexity index is 643. The van der Waals surface area contributed by atoms with Crippen molar-refractivity contribution < 1.29 is 13.9 Å². The summed E-state index contributed by atoms with van der Waals surface area (Å²) in [6.45, 7) is 4.01. The lowest BCUT2D eigenvalue weighted by molar-refractivity contribution is -0.115. The van der Waals surface area contributed by atoms with Crippen molar-refractivity contribution >= 4 is 22.4 Å². The summed E-state index contributed by atoms with van der Waals surface area (Å²) in [4.78, 5) is 11.9. The van der Waals surface area contributed by atoms with Gasteiger partial charge in [0, 0.05) is 5.92 Å². The van der Waals surface area contributed by atoms with Crippen LogP contribution in [0.1, 0.15) is 30.3 Å². The van der Waals surface area contributed by atoms with Crippen LogP contribution in [0.25, 0.3) is 0 Å². The van der Waals surface area contributed by atoms with Crippen LogP contribution >= 0.6 is 11.3 Å². The van der Waals surface area contributed by atoms with Crippen LogP contribution in [0.3, 0.4) is 0 Å². The highest BCUT2D eigenvalue weighted by Crippen LogP contribution is 2.23. The number of benzene rings is 1. The maximum Gasteiger partial charge on any atom is 0.230 e. The number of amides is 1. The molecule has 0 unspecified atom stereocenters. The van der Waals surface area contributed by atoms with Gasteiger partial charge < -0.3 is 10.1 Å². The van der Waals surface area contributed by atoms with Crippen LogP contribution in [0.5, 0.6) is 5.75 Å². The van der Waals surface area contributed by atoms with Crippen LogP contribution in [-0.4, -0.2) is 23.2 Å². The number of nitrogens with one attached hydrogen (secondary N) is 1. The van der Waals surface area contributed by atoms with E-state index in [-0.39, 0.29) is 24.0 Å². The van der Waals surface area contributed by atoms with Crippen molar-refractivity contribution in [2.75, 3.05) is 12.4 Å². The van der Waals surface area contributed by atoms with Gasteiger partial charge in [0.25, 0.3) is 0 Å². The van der Waals surface area contributed by atoms with Crippen LogP contribution in [0, 0.1) is 5.82 Å². The van der Waals surface area contributed by atoms with Crippen molar-refractivity contribution in [2.45, 2.75) is 26.2 Å². The lowest BCUT2D eigenvalue weighted by Crippen LogP contribution is -2.14. The number of nitrogens with zero attached hydrogens (tertiary/aromatic N) is 2. The molecule has 1 N–H and O–H groups in total. The summed E-state index contributed by atoms with van der Waals surface area (Å²) in [5.41, 5.74) is 0.569. The van der Waals surface area contributed by atoms with Gasteiger partial charge in [-0.05, 0) is 17.7 Å². The van der Waals surface area contributed by atoms with Gasteiger partial charge in [-0.15, -0.1) is 10.2 Å². The van der Waals surface area contributed by atoms with Crippen molar-refractivity contribution in [3.8, 4) is 5.75 Å². The van der Waals surface area contributed by atoms with Gasteiger partial charge >= 0.3 is 0 Å². The van der Waals surface area contributed by atoms with Gasteiger partial charge in [-0.3, -0.25) is 4.79 Å². The number of hydrogen-bond acceptors (Lipinski definition) is 5. The fraction of sp³-hybridized carbons (Fsp3) is 0.357. The van der Waals surface area contributed by atoms with E-state index in [9.17, 15) is 9.18 Å². The predicted octanol–water partition coefficient (Wildman–Crippen LogP) is 2.99. The zero-order valence-electron chi connectivity index (χ0n) is 12.0. The SMILES string of the molecule is COc1ccc(CC(=O)Nc2nnc(C(C)C)s2)cc1F. The normalized spacial score (nSPS) is 10.7. The largest absolute Gasteiger partial charge is 0.494 e. The number of carbonyl (C=O) groups excluding carboxylic acids is 1. The molecule has 1 aromatic carbocycles. The van der Waals surface area contributed by atoms with E-state index >= 15 is 0 Å². The summed E-state index contributed by atoms with van der Waals surface area (Å²) < 4.78 is 18.4. The lowest BCUT2D eigenvalue weighted by atomic mass is 10.1. The standard InChI is InChI=1S/C14H16FN3O2S/c1-8(2)13-17-18-14(21-13)16-12(19)7-9-4-5-11(20-3)10(15)6-9/h4-6,8H,7H2,1-3H3,(H,16,18,19). The van der Waals surface area contributed by atoms with Crippen molar-refractivity contribution in [3.63, 3.8) is 0 Å². The van der Waals surface area contributed by atoms with Crippen LogP contribution in [-0.2, 0) is 11.2 Å². The maximum absolute atomic E-state index is 13.5. The van der Waals surface area contributed by atoms with Crippen LogP contribution < -0.4 is 10.1 Å². The van der Waals surface area contributed by atoms with E-state index in [4.69, 9.17) is 4.74 Å². The van der Waals surface area contributed by atoms with E-state index in [1.165, 1.54) is 30.6 Å². The average molecular weight is 309 g/mol. The lowest BCUT2D eigenvalue weighted by Gasteiger charge is -2.05. The maximum atomic E-state index is 13.5. The van der Waals surface area contributed by atoms with Crippen LogP contribution in [0.4, 0.5) is 9.52 Å². The summed E-state index contributed by atoms with van der Waals surface area (Å²) >= 11 is 1.34. The van der Waals surface area contributed by atoms with E-state index < -0.39 is 5.82 Å². The summed E-state index contributed by atoms with van der Waals surface area (Å²) in [7, 11) is 1.40. The summed E-state index contributed by atoms with van der Waals surface area (Å²) in [6, 6.07) is 4.44. The van der Waals surface area contributed by atoms with E-state index in [0.29, 0.717) is 10.7 Å². The molecule has 21 heavy (non-hydrogen) atoms. The Balaban J connectivity index is 1.99. The molecule has 0 radical (unpaired) electrons. The van der Waals surface area contributed by atoms with Crippen LogP contribution in [0.2, 0.25) is 0 Å². The van der Waals surface area contributed by atoms with Gasteiger partial charge in [0.2, 0.25) is 11.0 Å². The molecule has 2 rings (SSSR count). The van der Waals surface area contributed by atoms with E-state index in [1.54, 1.807) is 6.07 Å². The molecule has 112 valence electrons. The first-order valence-electron chi connectivity index (χ1n) is 6.45. The molecule has 0 saturated carbocycles. The summed E-state index contributed by atoms with van der Waals surface area (Å²) in [5, 5.41) is 11.9. The minimum absolute atomic E-state index is 0.0670. The second kappa shape index (κ2) is 6.62. The number of anilines is 1. The molecule has 7 heteroatoms. The average Bonchev–Trinajstić information content (AvgIpc) is 2.87. The summed E-state index contributed by atoms with van der Waals surface area (Å²) in [6.07, 6.45) is 0.0670. The second-order valence-electron chi connectivity index (χ2n) is 4.79. The molecular formula is C14H16FN3O2S. The first-order valence-corrected chi connectivity index (χ1v) is 7.27. The van der Waals surface area contributed by atoms with E-state index in [0.717, 1.165) is 5.01 Å². The van der Waals surface area contributed by atoms with Gasteiger partial charge in [-0.25, -0.2) is 4.39 Å². The Morgan fingerprint density at radius 3 is 2.76 bits per heavy atom. The van der Waals surface area contributed by atoms with E-state index in [1.807, 2.05) is 13.8 Å². The number of ether oxygens (including phenoxy) is 1. The highest BCUT2D eigenvalue weighted by molar-refractivity contribution is 7.15. The highest BCUT2D eigenvalue weighted by atomic mass is 32.1. The predicted molar refractivity (Wildman–Crippen MR) is 79.3 cm³/mol. The van der Waals surface area contributed by atoms with Gasteiger partial charge in [0.15, 0.2) is 11.6 Å². The molecule has 0 atom stereocenters. The second-order valence-corrected chi connectivity index (χ2v) is 5.80. The number of halogens is 1. The number of methoxy groups -OCH3 is 1. The zero-order valence-corrected chi connectivity index (χ0v) is 12.8. The first-order chi connectivity index (χ1) is 9.99. The van der Waals surface area contributed by atoms with E-state index in [2.05, 4.69) is 15.5 Å². The Hall–Kier alpha value is -2.02. The third kappa shape index (κ3) is 3.98. The molecule has 2 aromatic rings. The fourth-order valence-electron chi connectivity index (χ4n) is 1.69. The molecular weight excluding hydrogens is 293 g/mol. The molecule has 1 amide bonds. The fourth-order valence-corrected chi connectivity index (χ4v) is 2.45. The molecule has 0 aliphatic rings. The minimum atomic E-state index is -0.485. The molecule has 1 heterocycles. The Morgan fingerprint density at radius 2 is 2.19 bits per heavy atom. The molecule has 0 spiro atoms. The number of rotatable bonds is 5. The van der Waals surface area contributed by atoms with Gasteiger partial charge in [0.05, 0.1) is 13.5 Å². The Morgan fingerprint density at radius 1 is 1.43 bits per heavy atom. The molecule has 0 saturated heterocycles. The quantitative estimate of drug-likeness (QED) is 0.922. The van der Waals surface area contributed by atoms with Crippen molar-refractivity contribution in [1.82, 2.24) is 10.2 Å². The number of aromatic nitrogens is 2. The minimum Gasteiger partial charge on any atom is -0.494 e. The van der Waals surface area contributed by atoms with Crippen LogP contribution in [0.15, 0.2) is 18.2 Å². The molecule has 0 aliphatic carbocycles. The van der Waals surface area contributed by atoms with Gasteiger partial charge in [-0.1, -0.05) is 31.3 Å². The highest BCUT2D eigenvalue weighted by Gasteiger charge is 2.12. The number of carbonyl (C=O) groups is 1. The molecule has 0 aliphatic heterocycles. The first kappa shape index (κ1) is 15.4. The van der Waals surface area contributed by atoms with Gasteiger partial charge in [0.1, 0.15) is 5.01 Å². The third-order valence-electron chi connectivity index (χ3n) is 2.76. The molecule has 1 aromatic heterocycles. The molecule has 5 nitrogen and oxygen atoms in total. The molecule has 0 fully saturated rings. The Kier molecular flexibility index (Phi) is 4.85. The smallest absolute Gasteiger partial charge is 0.230 e. The number of hydrogen-bond donors (Lipinski definition) is 1. The summed E-state index contributed by atoms with van der Waals surface area (Å²) in [5.74, 6) is -0.319. The topological polar surface area (TPSA) is 64.1 Å². The zero-order chi connectivity index (χ0) is 15.4. The van der Waals surface area contributed by atoms with Crippen molar-refractivity contribution in [1.29, 1.82) is 0 Å². The monoisotopic (exact) mass is 309 g/mol. The van der Waals surface area contributed by atoms with Crippen molar-refractivity contribution in [2.24, 2.45) is 0 Å². The third-order valence-corrected chi connectivity index (χ3v) is 3.90. The van der Waals surface area contributed by atoms with Gasteiger partial charge in [-0.2, -0.15) is 0 Å². The Labute approximate surface area is 126 Å².